The summed E-state index contributed by atoms with van der Waals surface area (Å²) >= 11 is 0. The Hall–Kier alpha value is -1.06. The third-order valence-corrected chi connectivity index (χ3v) is 5.09. The Balaban J connectivity index is 3.41. The van der Waals surface area contributed by atoms with Gasteiger partial charge in [-0.2, -0.15) is 0 Å². The molecule has 2 N–H and O–H groups in total. The van der Waals surface area contributed by atoms with Crippen LogP contribution in [-0.2, 0) is 9.59 Å². The lowest BCUT2D eigenvalue weighted by Gasteiger charge is -2.11. The summed E-state index contributed by atoms with van der Waals surface area (Å²) in [5, 5.41) is 17.7. The number of carbonyl (C=O) groups is 2. The summed E-state index contributed by atoms with van der Waals surface area (Å²) in [5.41, 5.74) is 0. The molecule has 0 aromatic heterocycles. The molecular weight excluding hydrogens is 304 g/mol. The van der Waals surface area contributed by atoms with E-state index in [1.165, 1.54) is 57.8 Å². The van der Waals surface area contributed by atoms with Crippen molar-refractivity contribution < 1.29 is 19.8 Å². The largest absolute Gasteiger partial charge is 0.481 e. The standard InChI is InChI=1S/C20H38O4/c1-3-17(4-2)14-12-10-8-6-5-7-9-11-13-15-18(20(23)24)16-19(21)22/h17-18H,3-16H2,1-2H3,(H,21,22)(H,23,24). The molecule has 0 aliphatic heterocycles. The van der Waals surface area contributed by atoms with Crippen LogP contribution in [-0.4, -0.2) is 22.2 Å². The number of unbranched alkanes of at least 4 members (excludes halogenated alkanes) is 8. The Morgan fingerprint density at radius 2 is 1.12 bits per heavy atom. The molecule has 24 heavy (non-hydrogen) atoms. The van der Waals surface area contributed by atoms with E-state index in [1.807, 2.05) is 0 Å². The molecule has 0 aliphatic carbocycles. The average Bonchev–Trinajstić information content (AvgIpc) is 2.54. The fourth-order valence-electron chi connectivity index (χ4n) is 3.28. The van der Waals surface area contributed by atoms with Crippen molar-refractivity contribution in [3.63, 3.8) is 0 Å². The zero-order chi connectivity index (χ0) is 18.2. The monoisotopic (exact) mass is 342 g/mol. The fraction of sp³-hybridized carbons (Fsp3) is 0.900. The Morgan fingerprint density at radius 3 is 1.50 bits per heavy atom. The summed E-state index contributed by atoms with van der Waals surface area (Å²) in [6, 6.07) is 0. The van der Waals surface area contributed by atoms with Crippen LogP contribution in [0.15, 0.2) is 0 Å². The molecule has 0 bridgehead atoms. The Morgan fingerprint density at radius 1 is 0.708 bits per heavy atom. The van der Waals surface area contributed by atoms with Gasteiger partial charge in [-0.25, -0.2) is 0 Å². The third-order valence-electron chi connectivity index (χ3n) is 5.09. The molecule has 0 aromatic rings. The predicted molar refractivity (Wildman–Crippen MR) is 98.2 cm³/mol. The van der Waals surface area contributed by atoms with Gasteiger partial charge in [-0.05, 0) is 12.3 Å². The number of carboxylic acid groups (broad SMARTS) is 2. The van der Waals surface area contributed by atoms with Crippen molar-refractivity contribution in [3.8, 4) is 0 Å². The lowest BCUT2D eigenvalue weighted by Crippen LogP contribution is -2.17. The van der Waals surface area contributed by atoms with Crippen LogP contribution in [0.2, 0.25) is 0 Å². The van der Waals surface area contributed by atoms with Gasteiger partial charge in [-0.15, -0.1) is 0 Å². The Bertz CT molecular complexity index is 324. The van der Waals surface area contributed by atoms with Crippen molar-refractivity contribution >= 4 is 11.9 Å². The summed E-state index contributed by atoms with van der Waals surface area (Å²) in [7, 11) is 0. The minimum absolute atomic E-state index is 0.258. The van der Waals surface area contributed by atoms with E-state index in [1.54, 1.807) is 0 Å². The number of aliphatic carboxylic acids is 2. The van der Waals surface area contributed by atoms with E-state index in [9.17, 15) is 9.59 Å². The molecule has 0 aliphatic rings. The first-order chi connectivity index (χ1) is 11.5. The van der Waals surface area contributed by atoms with E-state index in [2.05, 4.69) is 13.8 Å². The first-order valence-corrected chi connectivity index (χ1v) is 9.95. The van der Waals surface area contributed by atoms with Gasteiger partial charge < -0.3 is 10.2 Å². The van der Waals surface area contributed by atoms with E-state index in [-0.39, 0.29) is 6.42 Å². The van der Waals surface area contributed by atoms with E-state index in [0.717, 1.165) is 25.2 Å². The van der Waals surface area contributed by atoms with E-state index < -0.39 is 17.9 Å². The summed E-state index contributed by atoms with van der Waals surface area (Å²) < 4.78 is 0. The zero-order valence-electron chi connectivity index (χ0n) is 15.8. The second-order valence-electron chi connectivity index (χ2n) is 7.07. The van der Waals surface area contributed by atoms with E-state index in [4.69, 9.17) is 10.2 Å². The van der Waals surface area contributed by atoms with Crippen LogP contribution in [0.4, 0.5) is 0 Å². The smallest absolute Gasteiger partial charge is 0.307 e. The third kappa shape index (κ3) is 13.4. The fourth-order valence-corrected chi connectivity index (χ4v) is 3.28. The molecule has 1 unspecified atom stereocenters. The molecule has 4 nitrogen and oxygen atoms in total. The van der Waals surface area contributed by atoms with Crippen LogP contribution in [0.3, 0.4) is 0 Å². The van der Waals surface area contributed by atoms with Gasteiger partial charge >= 0.3 is 11.9 Å². The van der Waals surface area contributed by atoms with Gasteiger partial charge in [-0.1, -0.05) is 90.9 Å². The molecule has 4 heteroatoms. The maximum atomic E-state index is 10.9. The van der Waals surface area contributed by atoms with Gasteiger partial charge in [0.05, 0.1) is 12.3 Å². The second kappa shape index (κ2) is 15.5. The first-order valence-electron chi connectivity index (χ1n) is 9.95. The Labute approximate surface area is 148 Å². The van der Waals surface area contributed by atoms with Crippen LogP contribution in [0.5, 0.6) is 0 Å². The maximum absolute atomic E-state index is 10.9. The molecule has 0 saturated heterocycles. The molecule has 0 heterocycles. The van der Waals surface area contributed by atoms with Crippen molar-refractivity contribution in [1.82, 2.24) is 0 Å². The number of rotatable bonds is 17. The van der Waals surface area contributed by atoms with Crippen molar-refractivity contribution in [3.05, 3.63) is 0 Å². The van der Waals surface area contributed by atoms with Gasteiger partial charge in [0, 0.05) is 0 Å². The number of carboxylic acids is 2. The number of hydrogen-bond acceptors (Lipinski definition) is 2. The van der Waals surface area contributed by atoms with Crippen molar-refractivity contribution in [2.24, 2.45) is 11.8 Å². The lowest BCUT2D eigenvalue weighted by molar-refractivity contribution is -0.148. The average molecular weight is 343 g/mol. The van der Waals surface area contributed by atoms with Crippen LogP contribution in [0.25, 0.3) is 0 Å². The SMILES string of the molecule is CCC(CC)CCCCCCCCCCCC(CC(=O)O)C(=O)O. The van der Waals surface area contributed by atoms with Crippen molar-refractivity contribution in [2.75, 3.05) is 0 Å². The topological polar surface area (TPSA) is 74.6 Å². The quantitative estimate of drug-likeness (QED) is 0.323. The Kier molecular flexibility index (Phi) is 14.8. The van der Waals surface area contributed by atoms with Gasteiger partial charge in [0.1, 0.15) is 0 Å². The number of hydrogen-bond donors (Lipinski definition) is 2. The summed E-state index contributed by atoms with van der Waals surface area (Å²) in [5.74, 6) is -1.81. The molecule has 0 amide bonds. The van der Waals surface area contributed by atoms with Crippen molar-refractivity contribution in [1.29, 1.82) is 0 Å². The summed E-state index contributed by atoms with van der Waals surface area (Å²) in [4.78, 5) is 21.5. The van der Waals surface area contributed by atoms with Crippen LogP contribution in [0.1, 0.15) is 104 Å². The molecule has 0 aromatic carbocycles. The van der Waals surface area contributed by atoms with Gasteiger partial charge in [0.15, 0.2) is 0 Å². The van der Waals surface area contributed by atoms with Gasteiger partial charge in [0.25, 0.3) is 0 Å². The van der Waals surface area contributed by atoms with Crippen molar-refractivity contribution in [2.45, 2.75) is 104 Å². The predicted octanol–water partition coefficient (Wildman–Crippen LogP) is 5.89. The van der Waals surface area contributed by atoms with Crippen LogP contribution >= 0.6 is 0 Å². The van der Waals surface area contributed by atoms with Crippen LogP contribution < -0.4 is 0 Å². The van der Waals surface area contributed by atoms with Gasteiger partial charge in [-0.3, -0.25) is 9.59 Å². The zero-order valence-corrected chi connectivity index (χ0v) is 15.8. The van der Waals surface area contributed by atoms with Crippen LogP contribution in [0, 0.1) is 11.8 Å². The van der Waals surface area contributed by atoms with E-state index in [0.29, 0.717) is 6.42 Å². The normalized spacial score (nSPS) is 12.5. The van der Waals surface area contributed by atoms with E-state index >= 15 is 0 Å². The second-order valence-corrected chi connectivity index (χ2v) is 7.07. The molecule has 0 radical (unpaired) electrons. The minimum Gasteiger partial charge on any atom is -0.481 e. The molecule has 142 valence electrons. The molecule has 0 fully saturated rings. The summed E-state index contributed by atoms with van der Waals surface area (Å²) in [6.45, 7) is 4.57. The molecule has 0 saturated carbocycles. The highest BCUT2D eigenvalue weighted by Crippen LogP contribution is 2.19. The minimum atomic E-state index is -1.02. The highest BCUT2D eigenvalue weighted by Gasteiger charge is 2.20. The highest BCUT2D eigenvalue weighted by atomic mass is 16.4. The highest BCUT2D eigenvalue weighted by molar-refractivity contribution is 5.77. The molecule has 0 rings (SSSR count). The summed E-state index contributed by atoms with van der Waals surface area (Å²) in [6.07, 6.45) is 15.0. The lowest BCUT2D eigenvalue weighted by atomic mass is 9.95. The molecule has 0 spiro atoms. The first kappa shape index (κ1) is 22.9. The maximum Gasteiger partial charge on any atom is 0.307 e. The molecular formula is C20H38O4. The molecule has 1 atom stereocenters. The van der Waals surface area contributed by atoms with Gasteiger partial charge in [0.2, 0.25) is 0 Å².